The van der Waals surface area contributed by atoms with E-state index in [0.717, 1.165) is 0 Å². The Balaban J connectivity index is 2.15. The molecule has 0 heterocycles. The molecule has 3 rings (SSSR count). The van der Waals surface area contributed by atoms with Crippen LogP contribution in [-0.4, -0.2) is 0 Å². The van der Waals surface area contributed by atoms with Crippen LogP contribution in [-0.2, 0) is 0 Å². The largest absolute Gasteiger partial charge is 0.361 e. The van der Waals surface area contributed by atoms with Crippen molar-refractivity contribution in [1.29, 1.82) is 0 Å². The van der Waals surface area contributed by atoms with E-state index in [-0.39, 0.29) is 6.17 Å². The maximum Gasteiger partial charge on any atom is 0.123 e. The van der Waals surface area contributed by atoms with Gasteiger partial charge in [0.25, 0.3) is 0 Å². The van der Waals surface area contributed by atoms with Crippen LogP contribution in [0.25, 0.3) is 0 Å². The number of hydrogen-bond donors (Lipinski definition) is 2. The minimum Gasteiger partial charge on any atom is -0.361 e. The third kappa shape index (κ3) is 5.79. The van der Waals surface area contributed by atoms with Gasteiger partial charge >= 0.3 is 0 Å². The summed E-state index contributed by atoms with van der Waals surface area (Å²) in [6, 6.07) is 24.2. The highest BCUT2D eigenvalue weighted by atomic mass is 15.1. The second kappa shape index (κ2) is 10.9. The van der Waals surface area contributed by atoms with E-state index in [2.05, 4.69) is 133 Å². The number of anilines is 2. The van der Waals surface area contributed by atoms with Gasteiger partial charge in [-0.15, -0.1) is 0 Å². The minimum absolute atomic E-state index is 0.0407. The normalized spacial score (nSPS) is 11.8. The van der Waals surface area contributed by atoms with Crippen LogP contribution in [0.3, 0.4) is 0 Å². The molecule has 2 heteroatoms. The zero-order valence-electron chi connectivity index (χ0n) is 21.7. The van der Waals surface area contributed by atoms with Crippen molar-refractivity contribution in [3.05, 3.63) is 94.5 Å². The smallest absolute Gasteiger partial charge is 0.123 e. The van der Waals surface area contributed by atoms with E-state index in [9.17, 15) is 0 Å². The molecule has 3 aromatic carbocycles. The van der Waals surface area contributed by atoms with E-state index in [0.29, 0.717) is 23.7 Å². The number of nitrogens with one attached hydrogen (secondary N) is 2. The second-order valence-corrected chi connectivity index (χ2v) is 10.4. The molecule has 0 aliphatic carbocycles. The summed E-state index contributed by atoms with van der Waals surface area (Å²) < 4.78 is 0. The quantitative estimate of drug-likeness (QED) is 0.322. The van der Waals surface area contributed by atoms with Crippen molar-refractivity contribution in [2.24, 2.45) is 0 Å². The first-order valence-electron chi connectivity index (χ1n) is 12.5. The van der Waals surface area contributed by atoms with Crippen molar-refractivity contribution < 1.29 is 0 Å². The highest BCUT2D eigenvalue weighted by Gasteiger charge is 2.22. The Bertz CT molecular complexity index is 914. The topological polar surface area (TPSA) is 24.1 Å². The standard InChI is InChI=1S/C31H42N2/c1-20(2)25-16-12-17-26(21(3)4)29(25)32-31(24-14-10-9-11-15-24)33-30-27(22(5)6)18-13-19-28(30)23(7)8/h9-23,31-33H,1-8H3. The van der Waals surface area contributed by atoms with E-state index < -0.39 is 0 Å². The molecule has 0 aliphatic heterocycles. The highest BCUT2D eigenvalue weighted by Crippen LogP contribution is 2.38. The lowest BCUT2D eigenvalue weighted by molar-refractivity contribution is 0.800. The van der Waals surface area contributed by atoms with Crippen LogP contribution < -0.4 is 10.6 Å². The molecule has 176 valence electrons. The molecular formula is C31H42N2. The third-order valence-corrected chi connectivity index (χ3v) is 6.46. The van der Waals surface area contributed by atoms with Crippen LogP contribution in [0.2, 0.25) is 0 Å². The first-order chi connectivity index (χ1) is 15.7. The summed E-state index contributed by atoms with van der Waals surface area (Å²) in [6.45, 7) is 18.2. The monoisotopic (exact) mass is 442 g/mol. The molecule has 0 saturated heterocycles. The molecule has 0 aliphatic rings. The fourth-order valence-corrected chi connectivity index (χ4v) is 4.57. The van der Waals surface area contributed by atoms with Gasteiger partial charge in [-0.1, -0.05) is 122 Å². The van der Waals surface area contributed by atoms with Gasteiger partial charge in [0.05, 0.1) is 0 Å². The van der Waals surface area contributed by atoms with E-state index in [1.165, 1.54) is 39.2 Å². The number of rotatable bonds is 9. The molecule has 0 bridgehead atoms. The minimum atomic E-state index is -0.0407. The maximum absolute atomic E-state index is 3.96. The van der Waals surface area contributed by atoms with Gasteiger partial charge in [0.15, 0.2) is 0 Å². The predicted octanol–water partition coefficient (Wildman–Crippen LogP) is 9.40. The Morgan fingerprint density at radius 1 is 0.424 bits per heavy atom. The fourth-order valence-electron chi connectivity index (χ4n) is 4.57. The second-order valence-electron chi connectivity index (χ2n) is 10.4. The van der Waals surface area contributed by atoms with Gasteiger partial charge in [-0.3, -0.25) is 0 Å². The Morgan fingerprint density at radius 3 is 1.06 bits per heavy atom. The lowest BCUT2D eigenvalue weighted by Gasteiger charge is -2.30. The molecule has 0 fully saturated rings. The summed E-state index contributed by atoms with van der Waals surface area (Å²) in [5.41, 5.74) is 9.22. The van der Waals surface area contributed by atoms with Crippen LogP contribution in [0.4, 0.5) is 11.4 Å². The molecular weight excluding hydrogens is 400 g/mol. The number of para-hydroxylation sites is 2. The average Bonchev–Trinajstić information content (AvgIpc) is 2.78. The van der Waals surface area contributed by atoms with Crippen LogP contribution in [0.15, 0.2) is 66.7 Å². The van der Waals surface area contributed by atoms with Crippen LogP contribution in [0.5, 0.6) is 0 Å². The Labute approximate surface area is 201 Å². The fraction of sp³-hybridized carbons (Fsp3) is 0.419. The molecule has 0 amide bonds. The molecule has 0 spiro atoms. The van der Waals surface area contributed by atoms with Crippen molar-refractivity contribution in [2.75, 3.05) is 10.6 Å². The highest BCUT2D eigenvalue weighted by molar-refractivity contribution is 5.65. The van der Waals surface area contributed by atoms with Crippen LogP contribution >= 0.6 is 0 Å². The summed E-state index contributed by atoms with van der Waals surface area (Å²) in [7, 11) is 0. The molecule has 2 N–H and O–H groups in total. The van der Waals surface area contributed by atoms with Crippen molar-refractivity contribution in [3.63, 3.8) is 0 Å². The van der Waals surface area contributed by atoms with Crippen LogP contribution in [0, 0.1) is 0 Å². The van der Waals surface area contributed by atoms with Crippen molar-refractivity contribution >= 4 is 11.4 Å². The molecule has 33 heavy (non-hydrogen) atoms. The van der Waals surface area contributed by atoms with Gasteiger partial charge in [-0.05, 0) is 51.5 Å². The average molecular weight is 443 g/mol. The lowest BCUT2D eigenvalue weighted by Crippen LogP contribution is -2.23. The molecule has 3 aromatic rings. The summed E-state index contributed by atoms with van der Waals surface area (Å²) in [5, 5.41) is 7.93. The van der Waals surface area contributed by atoms with Gasteiger partial charge in [-0.2, -0.15) is 0 Å². The van der Waals surface area contributed by atoms with Crippen molar-refractivity contribution in [3.8, 4) is 0 Å². The predicted molar refractivity (Wildman–Crippen MR) is 146 cm³/mol. The SMILES string of the molecule is CC(C)c1cccc(C(C)C)c1NC(Nc1c(C(C)C)cccc1C(C)C)c1ccccc1. The van der Waals surface area contributed by atoms with Gasteiger partial charge in [0, 0.05) is 11.4 Å². The number of benzene rings is 3. The summed E-state index contributed by atoms with van der Waals surface area (Å²) >= 11 is 0. The molecule has 2 nitrogen and oxygen atoms in total. The van der Waals surface area contributed by atoms with Gasteiger partial charge in [0.1, 0.15) is 6.17 Å². The van der Waals surface area contributed by atoms with Crippen LogP contribution in [0.1, 0.15) is 113 Å². The van der Waals surface area contributed by atoms with E-state index in [1.807, 2.05) is 0 Å². The summed E-state index contributed by atoms with van der Waals surface area (Å²) in [6.07, 6.45) is -0.0407. The van der Waals surface area contributed by atoms with Gasteiger partial charge in [0.2, 0.25) is 0 Å². The zero-order chi connectivity index (χ0) is 24.1. The molecule has 0 radical (unpaired) electrons. The molecule has 0 saturated carbocycles. The summed E-state index contributed by atoms with van der Waals surface area (Å²) in [5.74, 6) is 1.77. The zero-order valence-corrected chi connectivity index (χ0v) is 21.7. The van der Waals surface area contributed by atoms with Gasteiger partial charge in [-0.25, -0.2) is 0 Å². The van der Waals surface area contributed by atoms with Crippen molar-refractivity contribution in [1.82, 2.24) is 0 Å². The molecule has 0 atom stereocenters. The Kier molecular flexibility index (Phi) is 8.24. The van der Waals surface area contributed by atoms with Gasteiger partial charge < -0.3 is 10.6 Å². The van der Waals surface area contributed by atoms with Crippen molar-refractivity contribution in [2.45, 2.75) is 85.2 Å². The summed E-state index contributed by atoms with van der Waals surface area (Å²) in [4.78, 5) is 0. The van der Waals surface area contributed by atoms with E-state index in [4.69, 9.17) is 0 Å². The maximum atomic E-state index is 3.96. The molecule has 0 unspecified atom stereocenters. The third-order valence-electron chi connectivity index (χ3n) is 6.46. The van der Waals surface area contributed by atoms with E-state index in [1.54, 1.807) is 0 Å². The molecule has 0 aromatic heterocycles. The Hall–Kier alpha value is -2.74. The first-order valence-corrected chi connectivity index (χ1v) is 12.5. The lowest BCUT2D eigenvalue weighted by atomic mass is 9.91. The number of hydrogen-bond acceptors (Lipinski definition) is 2. The van der Waals surface area contributed by atoms with E-state index >= 15 is 0 Å². The first kappa shape index (κ1) is 24.9. The Morgan fingerprint density at radius 2 is 0.758 bits per heavy atom.